The van der Waals surface area contributed by atoms with Crippen molar-refractivity contribution in [3.63, 3.8) is 0 Å². The van der Waals surface area contributed by atoms with Gasteiger partial charge in [0.15, 0.2) is 5.82 Å². The van der Waals surface area contributed by atoms with Crippen molar-refractivity contribution in [3.8, 4) is 67.4 Å². The molecule has 0 fully saturated rings. The molecule has 3 heterocycles. The molecule has 0 unspecified atom stereocenters. The van der Waals surface area contributed by atoms with Crippen molar-refractivity contribution in [3.05, 3.63) is 200 Å². The molecule has 4 nitrogen and oxygen atoms in total. The highest BCUT2D eigenvalue weighted by Crippen LogP contribution is 2.46. The fourth-order valence-corrected chi connectivity index (χ4v) is 8.18. The quantitative estimate of drug-likeness (QED) is 0.160. The van der Waals surface area contributed by atoms with Crippen molar-refractivity contribution in [2.24, 2.45) is 0 Å². The van der Waals surface area contributed by atoms with Crippen LogP contribution in [0.1, 0.15) is 0 Å². The molecule has 0 aliphatic heterocycles. The van der Waals surface area contributed by atoms with Crippen LogP contribution in [0.5, 0.6) is 0 Å². The lowest BCUT2D eigenvalue weighted by Crippen LogP contribution is -1.96. The minimum Gasteiger partial charge on any atom is -0.456 e. The first kappa shape index (κ1) is 32.7. The number of pyridine rings is 1. The van der Waals surface area contributed by atoms with Crippen LogP contribution in [0.2, 0.25) is 0 Å². The zero-order valence-electron chi connectivity index (χ0n) is 30.8. The van der Waals surface area contributed by atoms with E-state index in [1.165, 1.54) is 5.56 Å². The summed E-state index contributed by atoms with van der Waals surface area (Å²) in [6, 6.07) is 69.6. The van der Waals surface area contributed by atoms with Gasteiger partial charge >= 0.3 is 0 Å². The van der Waals surface area contributed by atoms with Crippen LogP contribution in [0, 0.1) is 0 Å². The van der Waals surface area contributed by atoms with Gasteiger partial charge in [0.25, 0.3) is 0 Å². The Labute approximate surface area is 329 Å². The Bertz CT molecular complexity index is 3260. The topological polar surface area (TPSA) is 51.8 Å². The Hall–Kier alpha value is -7.69. The summed E-state index contributed by atoms with van der Waals surface area (Å²) in [7, 11) is 0. The summed E-state index contributed by atoms with van der Waals surface area (Å²) < 4.78 is 6.62. The molecule has 0 saturated heterocycles. The zero-order chi connectivity index (χ0) is 37.7. The first-order chi connectivity index (χ1) is 28.2. The third-order valence-corrected chi connectivity index (χ3v) is 10.9. The molecule has 0 aliphatic rings. The number of hydrogen-bond donors (Lipinski definition) is 0. The summed E-state index contributed by atoms with van der Waals surface area (Å²) >= 11 is 0. The highest BCUT2D eigenvalue weighted by atomic mass is 16.3. The van der Waals surface area contributed by atoms with Gasteiger partial charge in [-0.1, -0.05) is 170 Å². The lowest BCUT2D eigenvalue weighted by atomic mass is 9.89. The Kier molecular flexibility index (Phi) is 7.78. The van der Waals surface area contributed by atoms with E-state index in [0.717, 1.165) is 99.6 Å². The third kappa shape index (κ3) is 5.74. The maximum absolute atomic E-state index is 6.62. The molecule has 8 aromatic carbocycles. The van der Waals surface area contributed by atoms with Crippen LogP contribution >= 0.6 is 0 Å². The molecular weight excluding hydrogens is 695 g/mol. The predicted molar refractivity (Wildman–Crippen MR) is 235 cm³/mol. The van der Waals surface area contributed by atoms with Gasteiger partial charge in [0.1, 0.15) is 11.2 Å². The van der Waals surface area contributed by atoms with Crippen LogP contribution in [0.15, 0.2) is 205 Å². The number of benzene rings is 8. The average Bonchev–Trinajstić information content (AvgIpc) is 3.67. The van der Waals surface area contributed by atoms with Crippen LogP contribution in [0.25, 0.3) is 111 Å². The Balaban J connectivity index is 1.13. The van der Waals surface area contributed by atoms with Crippen molar-refractivity contribution >= 4 is 43.6 Å². The second kappa shape index (κ2) is 13.6. The van der Waals surface area contributed by atoms with Gasteiger partial charge < -0.3 is 4.42 Å². The molecule has 0 bridgehead atoms. The Morgan fingerprint density at radius 1 is 0.316 bits per heavy atom. The van der Waals surface area contributed by atoms with E-state index >= 15 is 0 Å². The molecule has 11 rings (SSSR count). The highest BCUT2D eigenvalue weighted by molar-refractivity contribution is 6.27. The summed E-state index contributed by atoms with van der Waals surface area (Å²) in [5, 5.41) is 5.49. The van der Waals surface area contributed by atoms with Crippen LogP contribution < -0.4 is 0 Å². The third-order valence-electron chi connectivity index (χ3n) is 10.9. The monoisotopic (exact) mass is 727 g/mol. The smallest absolute Gasteiger partial charge is 0.160 e. The van der Waals surface area contributed by atoms with Crippen LogP contribution in [0.3, 0.4) is 0 Å². The lowest BCUT2D eigenvalue weighted by Gasteiger charge is -2.16. The lowest BCUT2D eigenvalue weighted by molar-refractivity contribution is 0.669. The number of hydrogen-bond acceptors (Lipinski definition) is 4. The van der Waals surface area contributed by atoms with Gasteiger partial charge in [-0.3, -0.25) is 0 Å². The summed E-state index contributed by atoms with van der Waals surface area (Å²) in [4.78, 5) is 15.7. The van der Waals surface area contributed by atoms with E-state index in [9.17, 15) is 0 Å². The molecule has 0 amide bonds. The van der Waals surface area contributed by atoms with Crippen molar-refractivity contribution < 1.29 is 4.42 Å². The molecule has 4 heteroatoms. The molecular formula is C53H33N3O. The van der Waals surface area contributed by atoms with Gasteiger partial charge in [-0.25, -0.2) is 15.0 Å². The van der Waals surface area contributed by atoms with Gasteiger partial charge in [0, 0.05) is 54.7 Å². The summed E-state index contributed by atoms with van der Waals surface area (Å²) in [5.41, 5.74) is 13.8. The van der Waals surface area contributed by atoms with Crippen LogP contribution in [0.4, 0.5) is 0 Å². The molecule has 0 saturated carbocycles. The largest absolute Gasteiger partial charge is 0.456 e. The SMILES string of the molecule is c1ccc(-c2ccc(-c3cc(-c4cccc(-c5nc6ccccc6c6c(-c7ccccc7)c7c(cc56)oc5ccccc57)c4)nc(-c4ccccc4)n3)cc2)cc1. The van der Waals surface area contributed by atoms with Gasteiger partial charge in [-0.2, -0.15) is 0 Å². The molecule has 0 N–H and O–H groups in total. The Morgan fingerprint density at radius 2 is 0.877 bits per heavy atom. The summed E-state index contributed by atoms with van der Waals surface area (Å²) in [6.07, 6.45) is 0. The molecule has 0 atom stereocenters. The standard InChI is InChI=1S/C53H33N3O/c1-4-15-34(16-5-1)35-27-29-36(30-28-35)45-33-46(56-53(55-45)38-19-8-3-9-20-38)39-21-14-22-40(31-39)52-43-32-48-51(42-24-11-13-26-47(42)57-48)49(37-17-6-2-7-18-37)50(43)41-23-10-12-25-44(41)54-52/h1-33H. The number of nitrogens with zero attached hydrogens (tertiary/aromatic N) is 3. The molecule has 0 spiro atoms. The van der Waals surface area contributed by atoms with E-state index < -0.39 is 0 Å². The van der Waals surface area contributed by atoms with Crippen LogP contribution in [-0.4, -0.2) is 15.0 Å². The van der Waals surface area contributed by atoms with E-state index in [4.69, 9.17) is 19.4 Å². The molecule has 3 aromatic heterocycles. The average molecular weight is 728 g/mol. The number of aromatic nitrogens is 3. The molecule has 0 aliphatic carbocycles. The maximum Gasteiger partial charge on any atom is 0.160 e. The van der Waals surface area contributed by atoms with Crippen LogP contribution in [-0.2, 0) is 0 Å². The fourth-order valence-electron chi connectivity index (χ4n) is 8.18. The zero-order valence-corrected chi connectivity index (χ0v) is 30.8. The van der Waals surface area contributed by atoms with Crippen molar-refractivity contribution in [2.45, 2.75) is 0 Å². The normalized spacial score (nSPS) is 11.5. The Morgan fingerprint density at radius 3 is 1.63 bits per heavy atom. The minimum atomic E-state index is 0.676. The van der Waals surface area contributed by atoms with E-state index in [0.29, 0.717) is 5.82 Å². The second-order valence-electron chi connectivity index (χ2n) is 14.3. The van der Waals surface area contributed by atoms with Crippen molar-refractivity contribution in [1.82, 2.24) is 15.0 Å². The van der Waals surface area contributed by atoms with Crippen molar-refractivity contribution in [1.29, 1.82) is 0 Å². The molecule has 57 heavy (non-hydrogen) atoms. The summed E-state index contributed by atoms with van der Waals surface area (Å²) in [5.74, 6) is 0.676. The first-order valence-corrected chi connectivity index (χ1v) is 19.2. The van der Waals surface area contributed by atoms with E-state index in [1.807, 2.05) is 36.4 Å². The van der Waals surface area contributed by atoms with Gasteiger partial charge in [0.2, 0.25) is 0 Å². The highest BCUT2D eigenvalue weighted by Gasteiger charge is 2.22. The van der Waals surface area contributed by atoms with Crippen molar-refractivity contribution in [2.75, 3.05) is 0 Å². The van der Waals surface area contributed by atoms with Gasteiger partial charge in [-0.15, -0.1) is 0 Å². The van der Waals surface area contributed by atoms with E-state index in [1.54, 1.807) is 0 Å². The number of fused-ring (bicyclic) bond motifs is 6. The predicted octanol–water partition coefficient (Wildman–Crippen LogP) is 14.1. The first-order valence-electron chi connectivity index (χ1n) is 19.2. The van der Waals surface area contributed by atoms with E-state index in [2.05, 4.69) is 164 Å². The number of rotatable bonds is 6. The fraction of sp³-hybridized carbons (Fsp3) is 0. The molecule has 0 radical (unpaired) electrons. The second-order valence-corrected chi connectivity index (χ2v) is 14.3. The van der Waals surface area contributed by atoms with Gasteiger partial charge in [0.05, 0.1) is 22.6 Å². The molecule has 11 aromatic rings. The van der Waals surface area contributed by atoms with E-state index in [-0.39, 0.29) is 0 Å². The number of furan rings is 1. The number of para-hydroxylation sites is 2. The minimum absolute atomic E-state index is 0.676. The summed E-state index contributed by atoms with van der Waals surface area (Å²) in [6.45, 7) is 0. The maximum atomic E-state index is 6.62. The molecule has 266 valence electrons. The van der Waals surface area contributed by atoms with Gasteiger partial charge in [-0.05, 0) is 47.0 Å².